The van der Waals surface area contributed by atoms with Crippen molar-refractivity contribution in [3.8, 4) is 5.75 Å². The van der Waals surface area contributed by atoms with E-state index in [2.05, 4.69) is 20.5 Å². The third-order valence-corrected chi connectivity index (χ3v) is 10.9. The molecule has 2 saturated heterocycles. The quantitative estimate of drug-likeness (QED) is 0.227. The van der Waals surface area contributed by atoms with Gasteiger partial charge in [0.25, 0.3) is 23.6 Å². The summed E-state index contributed by atoms with van der Waals surface area (Å²) in [6.45, 7) is 2.23. The monoisotopic (exact) mass is 755 g/mol. The van der Waals surface area contributed by atoms with Crippen LogP contribution >= 0.6 is 11.3 Å². The van der Waals surface area contributed by atoms with E-state index >= 15 is 4.39 Å². The van der Waals surface area contributed by atoms with E-state index in [4.69, 9.17) is 0 Å². The lowest BCUT2D eigenvalue weighted by Crippen LogP contribution is -2.54. The second-order valence-electron chi connectivity index (χ2n) is 13.4. The average Bonchev–Trinajstić information content (AvgIpc) is 3.85. The van der Waals surface area contributed by atoms with E-state index in [1.807, 2.05) is 11.0 Å². The van der Waals surface area contributed by atoms with Gasteiger partial charge in [0.2, 0.25) is 11.8 Å². The molecule has 4 aromatic rings. The van der Waals surface area contributed by atoms with Crippen LogP contribution in [0.4, 0.5) is 19.6 Å². The number of hydrogen-bond donors (Lipinski definition) is 3. The number of hydrogen-bond acceptors (Lipinski definition) is 11. The van der Waals surface area contributed by atoms with Gasteiger partial charge in [0.15, 0.2) is 5.13 Å². The summed E-state index contributed by atoms with van der Waals surface area (Å²) in [7, 11) is 0. The van der Waals surface area contributed by atoms with Crippen LogP contribution in [0.1, 0.15) is 66.6 Å². The van der Waals surface area contributed by atoms with Gasteiger partial charge in [0.05, 0.1) is 11.1 Å². The molecular weight excluding hydrogens is 725 g/mol. The number of aromatic nitrogens is 1. The Hall–Kier alpha value is -6.07. The van der Waals surface area contributed by atoms with Crippen molar-refractivity contribution < 1.29 is 42.7 Å². The van der Waals surface area contributed by atoms with E-state index in [0.717, 1.165) is 28.8 Å². The minimum atomic E-state index is -1.36. The maximum Gasteiger partial charge on any atom is 0.265 e. The summed E-state index contributed by atoms with van der Waals surface area (Å²) in [6, 6.07) is 8.94. The Balaban J connectivity index is 0.949. The molecule has 2 atom stereocenters. The molecule has 6 amide bonds. The van der Waals surface area contributed by atoms with Gasteiger partial charge in [-0.2, -0.15) is 0 Å². The van der Waals surface area contributed by atoms with E-state index in [0.29, 0.717) is 37.3 Å². The summed E-state index contributed by atoms with van der Waals surface area (Å²) < 4.78 is 30.2. The van der Waals surface area contributed by atoms with Crippen molar-refractivity contribution in [2.24, 2.45) is 0 Å². The van der Waals surface area contributed by atoms with Crippen molar-refractivity contribution in [2.45, 2.75) is 38.0 Å². The highest BCUT2D eigenvalue weighted by Crippen LogP contribution is 2.38. The third kappa shape index (κ3) is 6.14. The highest BCUT2D eigenvalue weighted by atomic mass is 32.1. The molecule has 276 valence electrons. The van der Waals surface area contributed by atoms with E-state index in [1.54, 1.807) is 17.5 Å². The number of nitrogens with one attached hydrogen (secondary N) is 2. The van der Waals surface area contributed by atoms with E-state index in [-0.39, 0.29) is 59.1 Å². The molecule has 1 aromatic heterocycles. The van der Waals surface area contributed by atoms with Gasteiger partial charge in [0, 0.05) is 79.6 Å². The Labute approximate surface area is 310 Å². The van der Waals surface area contributed by atoms with Crippen molar-refractivity contribution in [2.75, 3.05) is 36.4 Å². The Kier molecular flexibility index (Phi) is 8.89. The zero-order valence-corrected chi connectivity index (χ0v) is 29.2. The van der Waals surface area contributed by atoms with Crippen LogP contribution in [0.25, 0.3) is 0 Å². The molecule has 54 heavy (non-hydrogen) atoms. The Morgan fingerprint density at radius 3 is 2.50 bits per heavy atom. The molecule has 8 rings (SSSR count). The zero-order chi connectivity index (χ0) is 37.8. The lowest BCUT2D eigenvalue weighted by molar-refractivity contribution is -0.136. The molecule has 0 saturated carbocycles. The maximum absolute atomic E-state index is 15.9. The number of piperazine rings is 1. The normalized spacial score (nSPS) is 19.3. The maximum atomic E-state index is 15.9. The number of rotatable bonds is 8. The van der Waals surface area contributed by atoms with Gasteiger partial charge in [-0.3, -0.25) is 49.2 Å². The summed E-state index contributed by atoms with van der Waals surface area (Å²) in [5, 5.41) is 17.4. The molecule has 0 radical (unpaired) electrons. The van der Waals surface area contributed by atoms with E-state index < -0.39 is 59.2 Å². The molecule has 17 heteroatoms. The topological polar surface area (TPSA) is 173 Å². The number of imide groups is 2. The van der Waals surface area contributed by atoms with Crippen LogP contribution < -0.4 is 15.5 Å². The number of carbonyl (C=O) groups is 6. The molecule has 4 aliphatic heterocycles. The fourth-order valence-corrected chi connectivity index (χ4v) is 7.99. The average molecular weight is 756 g/mol. The number of thiazole rings is 1. The Bertz CT molecular complexity index is 2260. The lowest BCUT2D eigenvalue weighted by Gasteiger charge is -2.36. The molecule has 2 unspecified atom stereocenters. The molecular formula is C37H31F2N7O7S. The number of phenolic OH excluding ortho intramolecular Hbond substituents is 1. The van der Waals surface area contributed by atoms with Gasteiger partial charge in [-0.1, -0.05) is 12.1 Å². The van der Waals surface area contributed by atoms with Gasteiger partial charge in [-0.05, 0) is 48.4 Å². The largest absolute Gasteiger partial charge is 0.508 e. The van der Waals surface area contributed by atoms with Gasteiger partial charge >= 0.3 is 0 Å². The standard InChI is InChI=1S/C37H31F2N7O7S/c38-21-3-7-27(47)25(15-21)31(33(50)42-37-40-9-14-54-37)45-18-19-1-4-22(16-24(19)34(45)51)44-12-10-43(11-13-44)17-20-2-5-23-29(30(20)39)36(53)46(35(23)52)26-6-8-28(48)41-32(26)49/h1-5,7,9,14-16,26,31,47H,6,8,10-13,17-18H2,(H,40,42,50)(H,41,48,49). The summed E-state index contributed by atoms with van der Waals surface area (Å²) >= 11 is 1.17. The predicted octanol–water partition coefficient (Wildman–Crippen LogP) is 3.19. The number of carbonyl (C=O) groups excluding carboxylic acids is 6. The van der Waals surface area contributed by atoms with Crippen LogP contribution in [-0.2, 0) is 27.5 Å². The number of phenols is 1. The number of nitrogens with zero attached hydrogens (tertiary/aromatic N) is 5. The number of aromatic hydroxyl groups is 1. The molecule has 14 nitrogen and oxygen atoms in total. The van der Waals surface area contributed by atoms with Gasteiger partial charge in [0.1, 0.15) is 29.5 Å². The smallest absolute Gasteiger partial charge is 0.265 e. The summed E-state index contributed by atoms with van der Waals surface area (Å²) in [5.74, 6) is -5.93. The predicted molar refractivity (Wildman–Crippen MR) is 188 cm³/mol. The summed E-state index contributed by atoms with van der Waals surface area (Å²) in [6.07, 6.45) is 1.43. The fraction of sp³-hybridized carbons (Fsp3) is 0.270. The molecule has 3 aromatic carbocycles. The molecule has 0 spiro atoms. The van der Waals surface area contributed by atoms with Crippen LogP contribution in [0, 0.1) is 11.6 Å². The second kappa shape index (κ2) is 13.7. The van der Waals surface area contributed by atoms with Crippen LogP contribution in [0.5, 0.6) is 5.75 Å². The van der Waals surface area contributed by atoms with Crippen molar-refractivity contribution in [1.29, 1.82) is 0 Å². The van der Waals surface area contributed by atoms with Crippen LogP contribution in [0.15, 0.2) is 60.1 Å². The fourth-order valence-electron chi connectivity index (χ4n) is 7.46. The minimum Gasteiger partial charge on any atom is -0.508 e. The SMILES string of the molecule is O=C1CCC(N2C(=O)c3ccc(CN4CCN(c5ccc6c(c5)C(=O)N(C(C(=O)Nc5nccs5)c5cc(F)ccc5O)C6)CC4)c(F)c3C2=O)C(=O)N1. The first-order valence-corrected chi connectivity index (χ1v) is 18.0. The highest BCUT2D eigenvalue weighted by Gasteiger charge is 2.46. The molecule has 3 N–H and O–H groups in total. The Morgan fingerprint density at radius 2 is 1.76 bits per heavy atom. The van der Waals surface area contributed by atoms with Crippen LogP contribution in [0.2, 0.25) is 0 Å². The van der Waals surface area contributed by atoms with E-state index in [9.17, 15) is 38.3 Å². The van der Waals surface area contributed by atoms with Crippen molar-refractivity contribution in [1.82, 2.24) is 25.0 Å². The van der Waals surface area contributed by atoms with E-state index in [1.165, 1.54) is 34.6 Å². The first-order valence-electron chi connectivity index (χ1n) is 17.1. The lowest BCUT2D eigenvalue weighted by atomic mass is 10.0. The number of piperidine rings is 1. The molecule has 5 heterocycles. The molecule has 0 aliphatic carbocycles. The highest BCUT2D eigenvalue weighted by molar-refractivity contribution is 7.13. The molecule has 0 bridgehead atoms. The number of halogens is 2. The van der Waals surface area contributed by atoms with Crippen molar-refractivity contribution >= 4 is 57.6 Å². The summed E-state index contributed by atoms with van der Waals surface area (Å²) in [5.41, 5.74) is 1.42. The minimum absolute atomic E-state index is 0.0312. The second-order valence-corrected chi connectivity index (χ2v) is 14.3. The van der Waals surface area contributed by atoms with Gasteiger partial charge < -0.3 is 14.9 Å². The third-order valence-electron chi connectivity index (χ3n) is 10.2. The molecule has 4 aliphatic rings. The van der Waals surface area contributed by atoms with Gasteiger partial charge in [-0.25, -0.2) is 13.8 Å². The number of anilines is 2. The Morgan fingerprint density at radius 1 is 0.963 bits per heavy atom. The summed E-state index contributed by atoms with van der Waals surface area (Å²) in [4.78, 5) is 88.0. The van der Waals surface area contributed by atoms with Gasteiger partial charge in [-0.15, -0.1) is 11.3 Å². The van der Waals surface area contributed by atoms with Crippen LogP contribution in [0.3, 0.4) is 0 Å². The number of amides is 6. The number of fused-ring (bicyclic) bond motifs is 2. The van der Waals surface area contributed by atoms with Crippen molar-refractivity contribution in [3.05, 3.63) is 105 Å². The number of benzene rings is 3. The first kappa shape index (κ1) is 35.0. The zero-order valence-electron chi connectivity index (χ0n) is 28.4. The van der Waals surface area contributed by atoms with Crippen molar-refractivity contribution in [3.63, 3.8) is 0 Å². The molecule has 2 fully saturated rings. The first-order chi connectivity index (χ1) is 26.0. The van der Waals surface area contributed by atoms with Crippen LogP contribution in [-0.4, -0.2) is 92.5 Å².